The fraction of sp³-hybridized carbons (Fsp3) is 0.250. The van der Waals surface area contributed by atoms with Gasteiger partial charge in [0.15, 0.2) is 5.69 Å². The first kappa shape index (κ1) is 14.5. The second-order valence-corrected chi connectivity index (χ2v) is 5.11. The second-order valence-electron chi connectivity index (χ2n) is 3.79. The van der Waals surface area contributed by atoms with Crippen molar-refractivity contribution in [3.05, 3.63) is 33.2 Å². The van der Waals surface area contributed by atoms with Crippen LogP contribution >= 0.6 is 22.9 Å². The molecule has 0 aliphatic heterocycles. The zero-order chi connectivity index (χ0) is 14.7. The summed E-state index contributed by atoms with van der Waals surface area (Å²) in [6.45, 7) is 2.50. The Labute approximate surface area is 124 Å². The van der Waals surface area contributed by atoms with Gasteiger partial charge in [-0.05, 0) is 18.4 Å². The lowest BCUT2D eigenvalue weighted by Gasteiger charge is -2.04. The van der Waals surface area contributed by atoms with E-state index in [4.69, 9.17) is 11.6 Å². The summed E-state index contributed by atoms with van der Waals surface area (Å²) in [5.41, 5.74) is 0.504. The standard InChI is InChI=1S/C12H12ClN3O3S/c1-3-16-6-7(13)9(15-16)11(17)14-8-4-5-20-10(8)12(18)19-2/h4-6H,3H2,1-2H3,(H,14,17). The summed E-state index contributed by atoms with van der Waals surface area (Å²) in [5, 5.41) is 8.63. The van der Waals surface area contributed by atoms with Crippen LogP contribution in [0.3, 0.4) is 0 Å². The Morgan fingerprint density at radius 2 is 2.30 bits per heavy atom. The van der Waals surface area contributed by atoms with Gasteiger partial charge in [0.05, 0.1) is 17.8 Å². The molecule has 0 aromatic carbocycles. The molecular formula is C12H12ClN3O3S. The van der Waals surface area contributed by atoms with Crippen LogP contribution < -0.4 is 5.32 Å². The van der Waals surface area contributed by atoms with E-state index in [-0.39, 0.29) is 10.7 Å². The first-order chi connectivity index (χ1) is 9.56. The Balaban J connectivity index is 2.21. The third kappa shape index (κ3) is 2.83. The van der Waals surface area contributed by atoms with Gasteiger partial charge < -0.3 is 10.1 Å². The van der Waals surface area contributed by atoms with Crippen LogP contribution in [-0.4, -0.2) is 28.8 Å². The van der Waals surface area contributed by atoms with Crippen molar-refractivity contribution < 1.29 is 14.3 Å². The number of nitrogens with one attached hydrogen (secondary N) is 1. The van der Waals surface area contributed by atoms with Crippen LogP contribution in [0.15, 0.2) is 17.6 Å². The molecule has 0 atom stereocenters. The first-order valence-corrected chi connectivity index (χ1v) is 7.02. The Morgan fingerprint density at radius 1 is 1.55 bits per heavy atom. The molecule has 2 aromatic rings. The maximum absolute atomic E-state index is 12.1. The van der Waals surface area contributed by atoms with Gasteiger partial charge in [-0.2, -0.15) is 5.10 Å². The number of carbonyl (C=O) groups is 2. The lowest BCUT2D eigenvalue weighted by Crippen LogP contribution is -2.15. The zero-order valence-corrected chi connectivity index (χ0v) is 12.4. The zero-order valence-electron chi connectivity index (χ0n) is 10.8. The van der Waals surface area contributed by atoms with E-state index in [2.05, 4.69) is 15.2 Å². The van der Waals surface area contributed by atoms with E-state index >= 15 is 0 Å². The van der Waals surface area contributed by atoms with Gasteiger partial charge in [0.25, 0.3) is 5.91 Å². The first-order valence-electron chi connectivity index (χ1n) is 5.77. The van der Waals surface area contributed by atoms with Crippen LogP contribution in [0, 0.1) is 0 Å². The summed E-state index contributed by atoms with van der Waals surface area (Å²) in [4.78, 5) is 24.0. The smallest absolute Gasteiger partial charge is 0.350 e. The van der Waals surface area contributed by atoms with E-state index in [1.54, 1.807) is 22.3 Å². The van der Waals surface area contributed by atoms with Gasteiger partial charge in [-0.3, -0.25) is 9.48 Å². The van der Waals surface area contributed by atoms with Gasteiger partial charge in [0, 0.05) is 12.7 Å². The summed E-state index contributed by atoms with van der Waals surface area (Å²) >= 11 is 7.14. The molecule has 2 rings (SSSR count). The summed E-state index contributed by atoms with van der Waals surface area (Å²) < 4.78 is 6.20. The molecule has 0 saturated carbocycles. The van der Waals surface area contributed by atoms with Gasteiger partial charge >= 0.3 is 5.97 Å². The number of hydrogen-bond donors (Lipinski definition) is 1. The topological polar surface area (TPSA) is 73.2 Å². The number of carbonyl (C=O) groups excluding carboxylic acids is 2. The monoisotopic (exact) mass is 313 g/mol. The normalized spacial score (nSPS) is 10.3. The number of halogens is 1. The molecule has 0 spiro atoms. The second kappa shape index (κ2) is 6.06. The molecule has 2 aromatic heterocycles. The van der Waals surface area contributed by atoms with Crippen molar-refractivity contribution in [2.75, 3.05) is 12.4 Å². The van der Waals surface area contributed by atoms with Crippen LogP contribution in [0.1, 0.15) is 27.1 Å². The number of ether oxygens (including phenoxy) is 1. The molecule has 20 heavy (non-hydrogen) atoms. The third-order valence-electron chi connectivity index (χ3n) is 2.54. The molecule has 0 unspecified atom stereocenters. The van der Waals surface area contributed by atoms with Crippen molar-refractivity contribution >= 4 is 40.5 Å². The number of aromatic nitrogens is 2. The van der Waals surface area contributed by atoms with Gasteiger partial charge in [-0.25, -0.2) is 4.79 Å². The van der Waals surface area contributed by atoms with Crippen molar-refractivity contribution in [2.45, 2.75) is 13.5 Å². The highest BCUT2D eigenvalue weighted by atomic mass is 35.5. The van der Waals surface area contributed by atoms with Crippen molar-refractivity contribution in [2.24, 2.45) is 0 Å². The predicted molar refractivity (Wildman–Crippen MR) is 76.5 cm³/mol. The molecule has 2 heterocycles. The van der Waals surface area contributed by atoms with E-state index in [1.807, 2.05) is 6.92 Å². The number of anilines is 1. The largest absolute Gasteiger partial charge is 0.465 e. The number of hydrogen-bond acceptors (Lipinski definition) is 5. The fourth-order valence-electron chi connectivity index (χ4n) is 1.55. The molecule has 6 nitrogen and oxygen atoms in total. The number of rotatable bonds is 4. The summed E-state index contributed by atoms with van der Waals surface area (Å²) in [5.74, 6) is -0.966. The number of nitrogens with zero attached hydrogens (tertiary/aromatic N) is 2. The molecule has 8 heteroatoms. The molecule has 0 fully saturated rings. The van der Waals surface area contributed by atoms with E-state index < -0.39 is 11.9 Å². The lowest BCUT2D eigenvalue weighted by molar-refractivity contribution is 0.0607. The van der Waals surface area contributed by atoms with Crippen molar-refractivity contribution in [3.63, 3.8) is 0 Å². The molecule has 0 aliphatic carbocycles. The fourth-order valence-corrected chi connectivity index (χ4v) is 2.55. The van der Waals surface area contributed by atoms with Crippen LogP contribution in [-0.2, 0) is 11.3 Å². The van der Waals surface area contributed by atoms with Gasteiger partial charge in [0.1, 0.15) is 4.88 Å². The van der Waals surface area contributed by atoms with Gasteiger partial charge in [0.2, 0.25) is 0 Å². The number of methoxy groups -OCH3 is 1. The van der Waals surface area contributed by atoms with Crippen LogP contribution in [0.2, 0.25) is 5.02 Å². The maximum Gasteiger partial charge on any atom is 0.350 e. The summed E-state index contributed by atoms with van der Waals surface area (Å²) in [6.07, 6.45) is 1.57. The van der Waals surface area contributed by atoms with Crippen molar-refractivity contribution in [3.8, 4) is 0 Å². The molecule has 1 amide bonds. The minimum absolute atomic E-state index is 0.121. The van der Waals surface area contributed by atoms with E-state index in [9.17, 15) is 9.59 Å². The highest BCUT2D eigenvalue weighted by Crippen LogP contribution is 2.24. The molecule has 1 N–H and O–H groups in total. The molecule has 0 bridgehead atoms. The number of esters is 1. The lowest BCUT2D eigenvalue weighted by atomic mass is 10.3. The quantitative estimate of drug-likeness (QED) is 0.881. The Kier molecular flexibility index (Phi) is 4.41. The average Bonchev–Trinajstić information content (AvgIpc) is 3.04. The number of aryl methyl sites for hydroxylation is 1. The van der Waals surface area contributed by atoms with Gasteiger partial charge in [-0.15, -0.1) is 11.3 Å². The predicted octanol–water partition coefficient (Wildman–Crippen LogP) is 2.66. The average molecular weight is 314 g/mol. The minimum atomic E-state index is -0.500. The highest BCUT2D eigenvalue weighted by Gasteiger charge is 2.19. The summed E-state index contributed by atoms with van der Waals surface area (Å²) in [6, 6.07) is 1.62. The Hall–Kier alpha value is -1.86. The van der Waals surface area contributed by atoms with Crippen molar-refractivity contribution in [1.82, 2.24) is 9.78 Å². The van der Waals surface area contributed by atoms with Crippen LogP contribution in [0.25, 0.3) is 0 Å². The third-order valence-corrected chi connectivity index (χ3v) is 3.71. The molecule has 0 aliphatic rings. The number of amides is 1. The molecule has 0 saturated heterocycles. The van der Waals surface area contributed by atoms with Crippen LogP contribution in [0.5, 0.6) is 0 Å². The van der Waals surface area contributed by atoms with E-state index in [0.29, 0.717) is 17.1 Å². The van der Waals surface area contributed by atoms with Crippen LogP contribution in [0.4, 0.5) is 5.69 Å². The van der Waals surface area contributed by atoms with Crippen molar-refractivity contribution in [1.29, 1.82) is 0 Å². The highest BCUT2D eigenvalue weighted by molar-refractivity contribution is 7.12. The molecule has 106 valence electrons. The van der Waals surface area contributed by atoms with E-state index in [1.165, 1.54) is 18.4 Å². The molecular weight excluding hydrogens is 302 g/mol. The Bertz CT molecular complexity index is 650. The van der Waals surface area contributed by atoms with Gasteiger partial charge in [-0.1, -0.05) is 11.6 Å². The Morgan fingerprint density at radius 3 is 2.90 bits per heavy atom. The van der Waals surface area contributed by atoms with E-state index in [0.717, 1.165) is 0 Å². The number of thiophene rings is 1. The SMILES string of the molecule is CCn1cc(Cl)c(C(=O)Nc2ccsc2C(=O)OC)n1. The molecule has 0 radical (unpaired) electrons. The summed E-state index contributed by atoms with van der Waals surface area (Å²) in [7, 11) is 1.29. The maximum atomic E-state index is 12.1. The minimum Gasteiger partial charge on any atom is -0.465 e.